The van der Waals surface area contributed by atoms with Crippen LogP contribution in [0.5, 0.6) is 0 Å². The number of nitrogens with one attached hydrogen (secondary N) is 1. The molecule has 0 atom stereocenters. The smallest absolute Gasteiger partial charge is 0.128 e. The molecule has 0 saturated carbocycles. The fourth-order valence-electron chi connectivity index (χ4n) is 5.39. The first-order valence-corrected chi connectivity index (χ1v) is 13.7. The molecule has 0 unspecified atom stereocenters. The molecule has 0 radical (unpaired) electrons. The predicted molar refractivity (Wildman–Crippen MR) is 158 cm³/mol. The molecule has 6 rings (SSSR count). The summed E-state index contributed by atoms with van der Waals surface area (Å²) in [5, 5.41) is 3.57. The Hall–Kier alpha value is -3.15. The van der Waals surface area contributed by atoms with Crippen LogP contribution in [0.2, 0.25) is 0 Å². The van der Waals surface area contributed by atoms with Gasteiger partial charge in [0.1, 0.15) is 10.6 Å². The highest BCUT2D eigenvalue weighted by Gasteiger charge is 2.28. The third-order valence-electron chi connectivity index (χ3n) is 7.32. The van der Waals surface area contributed by atoms with Crippen molar-refractivity contribution in [2.75, 3.05) is 5.32 Å². The van der Waals surface area contributed by atoms with Gasteiger partial charge in [-0.25, -0.2) is 0 Å². The van der Waals surface area contributed by atoms with E-state index in [2.05, 4.69) is 123 Å². The van der Waals surface area contributed by atoms with Gasteiger partial charge in [0, 0.05) is 34.0 Å². The quantitative estimate of drug-likeness (QED) is 0.225. The van der Waals surface area contributed by atoms with Crippen molar-refractivity contribution in [2.24, 2.45) is 0 Å². The molecule has 3 aromatic carbocycles. The summed E-state index contributed by atoms with van der Waals surface area (Å²) in [5.41, 5.74) is 12.2. The average molecular weight is 555 g/mol. The maximum absolute atomic E-state index is 6.15. The summed E-state index contributed by atoms with van der Waals surface area (Å²) >= 11 is 9.76. The van der Waals surface area contributed by atoms with Crippen LogP contribution in [-0.4, -0.2) is 14.0 Å². The van der Waals surface area contributed by atoms with Crippen molar-refractivity contribution in [3.05, 3.63) is 106 Å². The normalized spacial score (nSPS) is 13.1. The molecule has 2 aromatic heterocycles. The molecule has 5 heteroatoms. The zero-order valence-electron chi connectivity index (χ0n) is 20.5. The predicted octanol–water partition coefficient (Wildman–Crippen LogP) is 8.58. The lowest BCUT2D eigenvalue weighted by molar-refractivity contribution is 0.647. The summed E-state index contributed by atoms with van der Waals surface area (Å²) in [4.78, 5) is 0.745. The summed E-state index contributed by atoms with van der Waals surface area (Å²) in [5.74, 6) is 0. The number of thiocarbonyl (C=S) groups is 1. The minimum atomic E-state index is 0.745. The summed E-state index contributed by atoms with van der Waals surface area (Å²) in [6, 6.07) is 25.8. The topological polar surface area (TPSA) is 21.4 Å². The monoisotopic (exact) mass is 553 g/mol. The molecule has 180 valence electrons. The third kappa shape index (κ3) is 4.00. The van der Waals surface area contributed by atoms with Gasteiger partial charge < -0.3 is 9.88 Å². The van der Waals surface area contributed by atoms with E-state index in [0.29, 0.717) is 0 Å². The van der Waals surface area contributed by atoms with E-state index in [1.807, 2.05) is 0 Å². The molecule has 3 nitrogen and oxygen atoms in total. The number of hydrogen-bond acceptors (Lipinski definition) is 1. The van der Waals surface area contributed by atoms with Gasteiger partial charge in [0.15, 0.2) is 0 Å². The van der Waals surface area contributed by atoms with Crippen molar-refractivity contribution in [2.45, 2.75) is 39.7 Å². The Morgan fingerprint density at radius 3 is 2.42 bits per heavy atom. The van der Waals surface area contributed by atoms with Crippen LogP contribution in [0.15, 0.2) is 83.5 Å². The zero-order valence-corrected chi connectivity index (χ0v) is 22.9. The Balaban J connectivity index is 1.60. The van der Waals surface area contributed by atoms with Crippen molar-refractivity contribution in [1.82, 2.24) is 8.97 Å². The molecule has 0 bridgehead atoms. The molecule has 0 aliphatic carbocycles. The SMILES string of the molecule is Cc1ccc(NC(=S)c2c(-c3ccc(Br)cc3)c3c4n(c(-c5ccccc5)cn24)CCCC3)cc1C. The van der Waals surface area contributed by atoms with Crippen molar-refractivity contribution in [3.8, 4) is 22.4 Å². The lowest BCUT2D eigenvalue weighted by atomic mass is 9.98. The highest BCUT2D eigenvalue weighted by molar-refractivity contribution is 9.10. The maximum Gasteiger partial charge on any atom is 0.128 e. The van der Waals surface area contributed by atoms with Gasteiger partial charge in [-0.3, -0.25) is 4.40 Å². The second kappa shape index (κ2) is 9.38. The van der Waals surface area contributed by atoms with Gasteiger partial charge in [0.2, 0.25) is 0 Å². The van der Waals surface area contributed by atoms with E-state index in [1.165, 1.54) is 51.1 Å². The average Bonchev–Trinajstić information content (AvgIpc) is 3.30. The van der Waals surface area contributed by atoms with Crippen LogP contribution in [-0.2, 0) is 13.0 Å². The minimum absolute atomic E-state index is 0.745. The number of aromatic nitrogens is 2. The molecular weight excluding hydrogens is 526 g/mol. The zero-order chi connectivity index (χ0) is 24.8. The molecule has 1 N–H and O–H groups in total. The maximum atomic E-state index is 6.15. The van der Waals surface area contributed by atoms with E-state index in [9.17, 15) is 0 Å². The van der Waals surface area contributed by atoms with Gasteiger partial charge in [-0.1, -0.05) is 76.7 Å². The van der Waals surface area contributed by atoms with Gasteiger partial charge in [-0.2, -0.15) is 0 Å². The number of aryl methyl sites for hydroxylation is 4. The van der Waals surface area contributed by atoms with Gasteiger partial charge in [-0.15, -0.1) is 0 Å². The summed E-state index contributed by atoms with van der Waals surface area (Å²) in [6.45, 7) is 5.29. The molecule has 1 aliphatic rings. The first kappa shape index (κ1) is 23.3. The Labute approximate surface area is 225 Å². The highest BCUT2D eigenvalue weighted by atomic mass is 79.9. The van der Waals surface area contributed by atoms with E-state index in [4.69, 9.17) is 12.2 Å². The van der Waals surface area contributed by atoms with E-state index in [1.54, 1.807) is 0 Å². The second-order valence-corrected chi connectivity index (χ2v) is 11.0. The summed E-state index contributed by atoms with van der Waals surface area (Å²) < 4.78 is 5.92. The molecule has 3 heterocycles. The first-order chi connectivity index (χ1) is 17.5. The number of anilines is 1. The molecule has 0 fully saturated rings. The minimum Gasteiger partial charge on any atom is -0.345 e. The van der Waals surface area contributed by atoms with E-state index < -0.39 is 0 Å². The van der Waals surface area contributed by atoms with E-state index in [-0.39, 0.29) is 0 Å². The highest BCUT2D eigenvalue weighted by Crippen LogP contribution is 2.40. The Bertz CT molecular complexity index is 1590. The van der Waals surface area contributed by atoms with Crippen molar-refractivity contribution in [3.63, 3.8) is 0 Å². The van der Waals surface area contributed by atoms with Gasteiger partial charge in [0.05, 0.1) is 11.4 Å². The summed E-state index contributed by atoms with van der Waals surface area (Å²) in [7, 11) is 0. The van der Waals surface area contributed by atoms with Crippen molar-refractivity contribution < 1.29 is 0 Å². The fraction of sp³-hybridized carbons (Fsp3) is 0.194. The van der Waals surface area contributed by atoms with E-state index in [0.717, 1.165) is 40.2 Å². The Morgan fingerprint density at radius 1 is 0.889 bits per heavy atom. The largest absolute Gasteiger partial charge is 0.345 e. The van der Waals surface area contributed by atoms with Crippen molar-refractivity contribution >= 4 is 44.5 Å². The molecular formula is C31H28BrN3S. The fourth-order valence-corrected chi connectivity index (χ4v) is 5.97. The molecule has 1 aliphatic heterocycles. The van der Waals surface area contributed by atoms with Crippen LogP contribution in [0, 0.1) is 13.8 Å². The Morgan fingerprint density at radius 2 is 1.67 bits per heavy atom. The number of imidazole rings is 1. The van der Waals surface area contributed by atoms with Crippen molar-refractivity contribution in [1.29, 1.82) is 0 Å². The standard InChI is InChI=1S/C31H28BrN3S/c1-20-11-16-25(18-21(20)2)33-30(36)29-28(23-12-14-24(32)15-13-23)26-10-6-7-17-34-27(19-35(29)31(26)34)22-8-4-3-5-9-22/h3-5,8-9,11-16,18-19H,6-7,10,17H2,1-2H3,(H,33,36). The molecule has 0 amide bonds. The second-order valence-electron chi connectivity index (χ2n) is 9.64. The molecule has 36 heavy (non-hydrogen) atoms. The molecule has 0 saturated heterocycles. The third-order valence-corrected chi connectivity index (χ3v) is 8.14. The summed E-state index contributed by atoms with van der Waals surface area (Å²) in [6.07, 6.45) is 5.65. The van der Waals surface area contributed by atoms with Crippen LogP contribution in [0.1, 0.15) is 35.2 Å². The van der Waals surface area contributed by atoms with Gasteiger partial charge >= 0.3 is 0 Å². The molecule has 0 spiro atoms. The number of benzene rings is 3. The number of hydrogen-bond donors (Lipinski definition) is 1. The number of rotatable bonds is 4. The van der Waals surface area contributed by atoms with Crippen LogP contribution >= 0.6 is 28.1 Å². The van der Waals surface area contributed by atoms with Gasteiger partial charge in [-0.05, 0) is 79.6 Å². The van der Waals surface area contributed by atoms with Crippen LogP contribution in [0.3, 0.4) is 0 Å². The van der Waals surface area contributed by atoms with E-state index >= 15 is 0 Å². The lowest BCUT2D eigenvalue weighted by Gasteiger charge is -2.13. The van der Waals surface area contributed by atoms with Gasteiger partial charge in [0.25, 0.3) is 0 Å². The number of halogens is 1. The van der Waals surface area contributed by atoms with Crippen LogP contribution in [0.25, 0.3) is 28.0 Å². The molecule has 5 aromatic rings. The first-order valence-electron chi connectivity index (χ1n) is 12.5. The van der Waals surface area contributed by atoms with Crippen LogP contribution in [0.4, 0.5) is 5.69 Å². The van der Waals surface area contributed by atoms with Crippen LogP contribution < -0.4 is 5.32 Å². The number of nitrogens with zero attached hydrogens (tertiary/aromatic N) is 2. The lowest BCUT2D eigenvalue weighted by Crippen LogP contribution is -2.14. The Kier molecular flexibility index (Phi) is 6.06.